The summed E-state index contributed by atoms with van der Waals surface area (Å²) in [5.41, 5.74) is 1.44. The largest absolute Gasteiger partial charge is 0.480 e. The summed E-state index contributed by atoms with van der Waals surface area (Å²) in [4.78, 5) is 36.9. The fourth-order valence-corrected chi connectivity index (χ4v) is 3.35. The zero-order valence-electron chi connectivity index (χ0n) is 17.2. The average Bonchev–Trinajstić information content (AvgIpc) is 2.78. The zero-order chi connectivity index (χ0) is 23.1. The third kappa shape index (κ3) is 6.05. The van der Waals surface area contributed by atoms with E-state index in [-0.39, 0.29) is 13.0 Å². The van der Waals surface area contributed by atoms with E-state index < -0.39 is 36.7 Å². The Morgan fingerprint density at radius 3 is 2.12 bits per heavy atom. The Kier molecular flexibility index (Phi) is 7.41. The first kappa shape index (κ1) is 22.8. The summed E-state index contributed by atoms with van der Waals surface area (Å²) < 4.78 is 0. The maximum atomic E-state index is 12.9. The molecule has 0 saturated heterocycles. The van der Waals surface area contributed by atoms with Crippen LogP contribution in [0, 0.1) is 0 Å². The number of benzene rings is 3. The summed E-state index contributed by atoms with van der Waals surface area (Å²) in [5.74, 6) is -2.69. The number of hydrogen-bond acceptors (Lipinski definition) is 4. The van der Waals surface area contributed by atoms with E-state index in [2.05, 4.69) is 5.32 Å². The predicted octanol–water partition coefficient (Wildman–Crippen LogP) is 2.49. The van der Waals surface area contributed by atoms with E-state index >= 15 is 0 Å². The molecule has 0 bridgehead atoms. The molecule has 0 aromatic heterocycles. The number of urea groups is 1. The van der Waals surface area contributed by atoms with Gasteiger partial charge in [0.05, 0.1) is 6.54 Å². The van der Waals surface area contributed by atoms with Crippen molar-refractivity contribution in [1.82, 2.24) is 10.2 Å². The van der Waals surface area contributed by atoms with Crippen LogP contribution in [0.2, 0.25) is 0 Å². The number of carboxylic acid groups (broad SMARTS) is 2. The highest BCUT2D eigenvalue weighted by atomic mass is 16.4. The Morgan fingerprint density at radius 2 is 1.47 bits per heavy atom. The molecule has 0 heterocycles. The van der Waals surface area contributed by atoms with E-state index in [0.29, 0.717) is 5.56 Å². The van der Waals surface area contributed by atoms with Gasteiger partial charge in [-0.2, -0.15) is 0 Å². The van der Waals surface area contributed by atoms with Gasteiger partial charge in [0.2, 0.25) is 0 Å². The predicted molar refractivity (Wildman–Crippen MR) is 118 cm³/mol. The number of aliphatic hydroxyl groups excluding tert-OH is 1. The maximum absolute atomic E-state index is 12.9. The van der Waals surface area contributed by atoms with Crippen LogP contribution in [0.3, 0.4) is 0 Å². The van der Waals surface area contributed by atoms with Crippen molar-refractivity contribution in [3.8, 4) is 0 Å². The van der Waals surface area contributed by atoms with E-state index in [1.165, 1.54) is 0 Å². The monoisotopic (exact) mass is 436 g/mol. The van der Waals surface area contributed by atoms with Gasteiger partial charge in [0, 0.05) is 13.0 Å². The molecule has 1 unspecified atom stereocenters. The minimum atomic E-state index is -1.80. The van der Waals surface area contributed by atoms with Crippen LogP contribution < -0.4 is 5.32 Å². The van der Waals surface area contributed by atoms with Gasteiger partial charge >= 0.3 is 18.0 Å². The third-order valence-corrected chi connectivity index (χ3v) is 5.03. The molecule has 0 saturated carbocycles. The summed E-state index contributed by atoms with van der Waals surface area (Å²) in [6.45, 7) is -0.475. The van der Waals surface area contributed by atoms with Gasteiger partial charge in [0.1, 0.15) is 6.04 Å². The lowest BCUT2D eigenvalue weighted by molar-refractivity contribution is -0.147. The molecule has 3 rings (SSSR count). The molecule has 3 aromatic rings. The molecule has 8 heteroatoms. The number of carboxylic acids is 2. The van der Waals surface area contributed by atoms with E-state index in [1.54, 1.807) is 36.4 Å². The van der Waals surface area contributed by atoms with Gasteiger partial charge in [-0.05, 0) is 21.9 Å². The van der Waals surface area contributed by atoms with E-state index in [4.69, 9.17) is 5.11 Å². The summed E-state index contributed by atoms with van der Waals surface area (Å²) in [5, 5.41) is 32.9. The molecule has 8 nitrogen and oxygen atoms in total. The van der Waals surface area contributed by atoms with Crippen LogP contribution in [0.5, 0.6) is 0 Å². The Morgan fingerprint density at radius 1 is 0.812 bits per heavy atom. The van der Waals surface area contributed by atoms with Crippen LogP contribution in [-0.2, 0) is 22.6 Å². The molecule has 0 spiro atoms. The first-order valence-electron chi connectivity index (χ1n) is 10.0. The number of aliphatic hydroxyl groups is 1. The molecule has 4 N–H and O–H groups in total. The second kappa shape index (κ2) is 10.4. The maximum Gasteiger partial charge on any atom is 0.334 e. The molecule has 0 aliphatic rings. The number of rotatable bonds is 9. The van der Waals surface area contributed by atoms with Crippen molar-refractivity contribution < 1.29 is 29.7 Å². The Labute approximate surface area is 184 Å². The second-order valence-electron chi connectivity index (χ2n) is 7.45. The summed E-state index contributed by atoms with van der Waals surface area (Å²) in [7, 11) is 0. The first-order valence-corrected chi connectivity index (χ1v) is 10.0. The number of hydrogen-bond donors (Lipinski definition) is 4. The smallest absolute Gasteiger partial charge is 0.334 e. The van der Waals surface area contributed by atoms with Crippen molar-refractivity contribution in [1.29, 1.82) is 0 Å². The van der Waals surface area contributed by atoms with E-state index in [1.807, 2.05) is 36.4 Å². The normalized spacial score (nSPS) is 12.7. The number of amides is 2. The molecule has 32 heavy (non-hydrogen) atoms. The number of carbonyl (C=O) groups is 3. The highest BCUT2D eigenvalue weighted by Gasteiger charge is 2.27. The highest BCUT2D eigenvalue weighted by Crippen LogP contribution is 2.17. The van der Waals surface area contributed by atoms with Crippen LogP contribution in [0.4, 0.5) is 4.79 Å². The molecule has 0 radical (unpaired) electrons. The lowest BCUT2D eigenvalue weighted by Crippen LogP contribution is -2.51. The van der Waals surface area contributed by atoms with Gasteiger partial charge in [0.25, 0.3) is 0 Å². The lowest BCUT2D eigenvalue weighted by atomic mass is 10.0. The Hall–Kier alpha value is -3.91. The summed E-state index contributed by atoms with van der Waals surface area (Å²) in [6.07, 6.45) is -1.75. The number of carbonyl (C=O) groups excluding carboxylic acids is 1. The molecule has 0 aliphatic carbocycles. The average molecular weight is 436 g/mol. The molecule has 3 aromatic carbocycles. The minimum Gasteiger partial charge on any atom is -0.480 e. The first-order chi connectivity index (χ1) is 15.3. The third-order valence-electron chi connectivity index (χ3n) is 5.03. The van der Waals surface area contributed by atoms with Gasteiger partial charge in [-0.3, -0.25) is 0 Å². The van der Waals surface area contributed by atoms with Gasteiger partial charge < -0.3 is 25.5 Å². The minimum absolute atomic E-state index is 0.0132. The second-order valence-corrected chi connectivity index (χ2v) is 7.45. The van der Waals surface area contributed by atoms with E-state index in [0.717, 1.165) is 21.2 Å². The van der Waals surface area contributed by atoms with Crippen molar-refractivity contribution >= 4 is 28.7 Å². The fraction of sp³-hybridized carbons (Fsp3) is 0.208. The highest BCUT2D eigenvalue weighted by molar-refractivity contribution is 5.85. The van der Waals surface area contributed by atoms with Gasteiger partial charge in [-0.25, -0.2) is 14.4 Å². The lowest BCUT2D eigenvalue weighted by Gasteiger charge is -2.26. The molecular formula is C24H24N2O6. The molecular weight excluding hydrogens is 412 g/mol. The van der Waals surface area contributed by atoms with Crippen molar-refractivity contribution in [3.63, 3.8) is 0 Å². The Bertz CT molecular complexity index is 1100. The molecule has 2 amide bonds. The number of aliphatic carboxylic acids is 2. The molecule has 2 atom stereocenters. The summed E-state index contributed by atoms with van der Waals surface area (Å²) in [6, 6.07) is 20.0. The zero-order valence-corrected chi connectivity index (χ0v) is 17.2. The quantitative estimate of drug-likeness (QED) is 0.408. The SMILES string of the molecule is O=C(O)C(O)CN(Cc1ccccc1)C(=O)N[C@@H](Cc1ccc2ccccc2c1)C(=O)O. The van der Waals surface area contributed by atoms with Crippen molar-refractivity contribution in [2.24, 2.45) is 0 Å². The van der Waals surface area contributed by atoms with Crippen molar-refractivity contribution in [3.05, 3.63) is 83.9 Å². The van der Waals surface area contributed by atoms with Crippen LogP contribution in [0.1, 0.15) is 11.1 Å². The fourth-order valence-electron chi connectivity index (χ4n) is 3.35. The van der Waals surface area contributed by atoms with Gasteiger partial charge in [-0.1, -0.05) is 72.8 Å². The van der Waals surface area contributed by atoms with E-state index in [9.17, 15) is 24.6 Å². The number of fused-ring (bicyclic) bond motifs is 1. The number of nitrogens with one attached hydrogen (secondary N) is 1. The standard InChI is InChI=1S/C24H24N2O6/c27-21(23(30)31)15-26(14-16-6-2-1-3-7-16)24(32)25-20(22(28)29)13-17-10-11-18-8-4-5-9-19(18)12-17/h1-12,20-21,27H,13-15H2,(H,25,32)(H,28,29)(H,30,31)/t20-,21?/m0/s1. The topological polar surface area (TPSA) is 127 Å². The molecule has 166 valence electrons. The van der Waals surface area contributed by atoms with Crippen LogP contribution in [-0.4, -0.2) is 56.9 Å². The van der Waals surface area contributed by atoms with Crippen molar-refractivity contribution in [2.75, 3.05) is 6.54 Å². The molecule has 0 aliphatic heterocycles. The van der Waals surface area contributed by atoms with Crippen LogP contribution in [0.25, 0.3) is 10.8 Å². The van der Waals surface area contributed by atoms with Gasteiger partial charge in [0.15, 0.2) is 6.10 Å². The molecule has 0 fully saturated rings. The van der Waals surface area contributed by atoms with Gasteiger partial charge in [-0.15, -0.1) is 0 Å². The van der Waals surface area contributed by atoms with Crippen LogP contribution >= 0.6 is 0 Å². The number of nitrogens with zero attached hydrogens (tertiary/aromatic N) is 1. The summed E-state index contributed by atoms with van der Waals surface area (Å²) >= 11 is 0. The Balaban J connectivity index is 1.76. The van der Waals surface area contributed by atoms with Crippen LogP contribution in [0.15, 0.2) is 72.8 Å². The van der Waals surface area contributed by atoms with Crippen molar-refractivity contribution in [2.45, 2.75) is 25.1 Å².